The Morgan fingerprint density at radius 1 is 1.27 bits per heavy atom. The summed E-state index contributed by atoms with van der Waals surface area (Å²) in [5.74, 6) is 0.0383. The molecule has 0 aliphatic heterocycles. The average Bonchev–Trinajstić information content (AvgIpc) is 2.45. The van der Waals surface area contributed by atoms with E-state index in [1.807, 2.05) is 0 Å². The molecule has 0 amide bonds. The van der Waals surface area contributed by atoms with Gasteiger partial charge in [0, 0.05) is 18.8 Å². The molecule has 2 rings (SSSR count). The van der Waals surface area contributed by atoms with E-state index < -0.39 is 23.4 Å². The van der Waals surface area contributed by atoms with E-state index in [9.17, 15) is 18.4 Å². The van der Waals surface area contributed by atoms with Gasteiger partial charge in [0.2, 0.25) is 5.69 Å². The normalized spacial score (nSPS) is 10.8. The molecule has 2 aromatic rings. The second kappa shape index (κ2) is 5.52. The van der Waals surface area contributed by atoms with Gasteiger partial charge in [-0.3, -0.25) is 9.36 Å². The molecule has 0 saturated heterocycles. The topological polar surface area (TPSA) is 61.2 Å². The molecule has 0 spiro atoms. The highest BCUT2D eigenvalue weighted by atomic mass is 19.3. The van der Waals surface area contributed by atoms with E-state index in [0.717, 1.165) is 11.6 Å². The second-order valence-electron chi connectivity index (χ2n) is 4.73. The zero-order valence-electron chi connectivity index (χ0n) is 12.1. The van der Waals surface area contributed by atoms with Gasteiger partial charge in [-0.05, 0) is 25.5 Å². The molecule has 114 valence electrons. The molecule has 8 heteroatoms. The van der Waals surface area contributed by atoms with Crippen LogP contribution in [0.1, 0.15) is 23.4 Å². The van der Waals surface area contributed by atoms with Crippen LogP contribution in [0.25, 0.3) is 10.7 Å². The molecule has 22 heavy (non-hydrogen) atoms. The standard InChI is InChI=1S/C14H12F2N4O2/c1-7-5-9(17-3)8(2)18-13(7)20-11(21)6-10(12(15)16)19(4)14(20)22/h5-6,12H,1-2,4H3. The number of hydrogen-bond donors (Lipinski definition) is 0. The van der Waals surface area contributed by atoms with E-state index in [0.29, 0.717) is 27.6 Å². The molecule has 0 unspecified atom stereocenters. The number of rotatable bonds is 2. The molecular weight excluding hydrogens is 294 g/mol. The van der Waals surface area contributed by atoms with Gasteiger partial charge in [0.05, 0.1) is 12.3 Å². The third-order valence-electron chi connectivity index (χ3n) is 3.26. The van der Waals surface area contributed by atoms with Crippen LogP contribution in [0.2, 0.25) is 0 Å². The van der Waals surface area contributed by atoms with Crippen molar-refractivity contribution < 1.29 is 8.78 Å². The highest BCUT2D eigenvalue weighted by Gasteiger charge is 2.19. The van der Waals surface area contributed by atoms with Crippen molar-refractivity contribution in [3.05, 3.63) is 61.3 Å². The van der Waals surface area contributed by atoms with Crippen LogP contribution in [-0.2, 0) is 7.05 Å². The predicted molar refractivity (Wildman–Crippen MR) is 75.8 cm³/mol. The van der Waals surface area contributed by atoms with Gasteiger partial charge in [-0.2, -0.15) is 0 Å². The lowest BCUT2D eigenvalue weighted by molar-refractivity contribution is 0.140. The smallest absolute Gasteiger partial charge is 0.295 e. The lowest BCUT2D eigenvalue weighted by Crippen LogP contribution is -2.39. The first-order chi connectivity index (χ1) is 10.3. The summed E-state index contributed by atoms with van der Waals surface area (Å²) < 4.78 is 27.1. The molecule has 0 aromatic carbocycles. The van der Waals surface area contributed by atoms with Gasteiger partial charge in [-0.15, -0.1) is 0 Å². The number of nitrogens with zero attached hydrogens (tertiary/aromatic N) is 4. The van der Waals surface area contributed by atoms with Crippen LogP contribution in [-0.4, -0.2) is 14.1 Å². The Morgan fingerprint density at radius 3 is 2.45 bits per heavy atom. The number of hydrogen-bond acceptors (Lipinski definition) is 3. The zero-order chi connectivity index (χ0) is 16.6. The highest BCUT2D eigenvalue weighted by molar-refractivity contribution is 5.54. The van der Waals surface area contributed by atoms with Crippen LogP contribution in [0.3, 0.4) is 0 Å². The largest absolute Gasteiger partial charge is 0.337 e. The summed E-state index contributed by atoms with van der Waals surface area (Å²) in [5, 5.41) is 0. The van der Waals surface area contributed by atoms with E-state index >= 15 is 0 Å². The van der Waals surface area contributed by atoms with Crippen molar-refractivity contribution in [3.8, 4) is 5.82 Å². The number of halogens is 2. The molecule has 0 aliphatic carbocycles. The van der Waals surface area contributed by atoms with Gasteiger partial charge in [0.25, 0.3) is 12.0 Å². The zero-order valence-corrected chi connectivity index (χ0v) is 12.1. The van der Waals surface area contributed by atoms with Crippen molar-refractivity contribution in [1.82, 2.24) is 14.1 Å². The molecule has 0 aliphatic rings. The summed E-state index contributed by atoms with van der Waals surface area (Å²) in [4.78, 5) is 31.7. The highest BCUT2D eigenvalue weighted by Crippen LogP contribution is 2.21. The Hall–Kier alpha value is -2.82. The molecule has 0 atom stereocenters. The quantitative estimate of drug-likeness (QED) is 0.798. The maximum atomic E-state index is 12.8. The van der Waals surface area contributed by atoms with Crippen LogP contribution in [0, 0.1) is 20.4 Å². The van der Waals surface area contributed by atoms with Gasteiger partial charge >= 0.3 is 5.69 Å². The summed E-state index contributed by atoms with van der Waals surface area (Å²) in [5.41, 5.74) is -1.37. The van der Waals surface area contributed by atoms with Crippen LogP contribution in [0.5, 0.6) is 0 Å². The van der Waals surface area contributed by atoms with E-state index in [1.54, 1.807) is 13.8 Å². The summed E-state index contributed by atoms with van der Waals surface area (Å²) >= 11 is 0. The fourth-order valence-electron chi connectivity index (χ4n) is 2.06. The van der Waals surface area contributed by atoms with Crippen LogP contribution >= 0.6 is 0 Å². The molecular formula is C14H12F2N4O2. The number of aryl methyl sites for hydroxylation is 2. The first-order valence-electron chi connectivity index (χ1n) is 6.25. The van der Waals surface area contributed by atoms with Crippen molar-refractivity contribution in [1.29, 1.82) is 0 Å². The Kier molecular flexibility index (Phi) is 3.91. The third kappa shape index (κ3) is 2.41. The molecule has 0 fully saturated rings. The van der Waals surface area contributed by atoms with Crippen LogP contribution < -0.4 is 11.2 Å². The second-order valence-corrected chi connectivity index (χ2v) is 4.73. The van der Waals surface area contributed by atoms with Gasteiger partial charge in [-0.25, -0.2) is 28.0 Å². The van der Waals surface area contributed by atoms with Crippen LogP contribution in [0.4, 0.5) is 14.5 Å². The van der Waals surface area contributed by atoms with Crippen LogP contribution in [0.15, 0.2) is 21.7 Å². The fourth-order valence-corrected chi connectivity index (χ4v) is 2.06. The summed E-state index contributed by atoms with van der Waals surface area (Å²) in [6, 6.07) is 2.21. The van der Waals surface area contributed by atoms with E-state index in [1.165, 1.54) is 6.07 Å². The summed E-state index contributed by atoms with van der Waals surface area (Å²) in [6.45, 7) is 10.2. The minimum absolute atomic E-state index is 0.0383. The molecule has 0 bridgehead atoms. The predicted octanol–water partition coefficient (Wildman–Crippen LogP) is 2.04. The summed E-state index contributed by atoms with van der Waals surface area (Å²) in [7, 11) is 1.16. The minimum atomic E-state index is -2.93. The first-order valence-corrected chi connectivity index (χ1v) is 6.25. The van der Waals surface area contributed by atoms with Crippen molar-refractivity contribution >= 4 is 5.69 Å². The molecule has 6 nitrogen and oxygen atoms in total. The fraction of sp³-hybridized carbons (Fsp3) is 0.286. The Balaban J connectivity index is 2.84. The van der Waals surface area contributed by atoms with Gasteiger partial charge in [0.15, 0.2) is 0 Å². The van der Waals surface area contributed by atoms with E-state index in [-0.39, 0.29) is 5.82 Å². The SMILES string of the molecule is [C-]#[N+]c1cc(C)c(-n2c(=O)cc(C(F)F)n(C)c2=O)nc1C. The molecule has 0 N–H and O–H groups in total. The van der Waals surface area contributed by atoms with Gasteiger partial charge in [0.1, 0.15) is 5.82 Å². The Bertz CT molecular complexity index is 907. The molecule has 0 saturated carbocycles. The first kappa shape index (κ1) is 15.6. The minimum Gasteiger partial charge on any atom is -0.295 e. The molecule has 2 heterocycles. The maximum absolute atomic E-state index is 12.8. The Morgan fingerprint density at radius 2 is 1.91 bits per heavy atom. The summed E-state index contributed by atoms with van der Waals surface area (Å²) in [6.07, 6.45) is -2.93. The van der Waals surface area contributed by atoms with Crippen molar-refractivity contribution in [2.75, 3.05) is 0 Å². The number of alkyl halides is 2. The molecule has 2 aromatic heterocycles. The number of aromatic nitrogens is 3. The average molecular weight is 306 g/mol. The van der Waals surface area contributed by atoms with Crippen molar-refractivity contribution in [3.63, 3.8) is 0 Å². The lowest BCUT2D eigenvalue weighted by Gasteiger charge is -2.13. The third-order valence-corrected chi connectivity index (χ3v) is 3.26. The monoisotopic (exact) mass is 306 g/mol. The van der Waals surface area contributed by atoms with Crippen molar-refractivity contribution in [2.45, 2.75) is 20.3 Å². The van der Waals surface area contributed by atoms with E-state index in [2.05, 4.69) is 9.83 Å². The number of pyridine rings is 1. The van der Waals surface area contributed by atoms with Gasteiger partial charge in [-0.1, -0.05) is 0 Å². The van der Waals surface area contributed by atoms with E-state index in [4.69, 9.17) is 6.57 Å². The molecule has 0 radical (unpaired) electrons. The van der Waals surface area contributed by atoms with Gasteiger partial charge < -0.3 is 0 Å². The lowest BCUT2D eigenvalue weighted by atomic mass is 10.2. The maximum Gasteiger partial charge on any atom is 0.337 e. The Labute approximate surface area is 124 Å². The van der Waals surface area contributed by atoms with Crippen molar-refractivity contribution in [2.24, 2.45) is 7.05 Å².